The molecule has 0 radical (unpaired) electrons. The summed E-state index contributed by atoms with van der Waals surface area (Å²) in [5.74, 6) is 1.92. The van der Waals surface area contributed by atoms with Crippen LogP contribution in [-0.2, 0) is 5.41 Å². The molecule has 3 nitrogen and oxygen atoms in total. The molecule has 8 aromatic carbocycles. The summed E-state index contributed by atoms with van der Waals surface area (Å²) in [5.41, 5.74) is 15.2. The van der Waals surface area contributed by atoms with Crippen LogP contribution in [0, 0.1) is 0 Å². The van der Waals surface area contributed by atoms with Crippen LogP contribution in [0.25, 0.3) is 89.4 Å². The summed E-state index contributed by atoms with van der Waals surface area (Å²) < 4.78 is 0. The van der Waals surface area contributed by atoms with Crippen molar-refractivity contribution in [3.63, 3.8) is 0 Å². The van der Waals surface area contributed by atoms with Crippen molar-refractivity contribution in [1.82, 2.24) is 15.0 Å². The quantitative estimate of drug-likeness (QED) is 0.173. The van der Waals surface area contributed by atoms with Gasteiger partial charge in [-0.05, 0) is 72.5 Å². The molecule has 10 rings (SSSR count). The molecule has 0 fully saturated rings. The van der Waals surface area contributed by atoms with Crippen LogP contribution in [-0.4, -0.2) is 15.0 Å². The normalized spacial score (nSPS) is 12.7. The Bertz CT molecular complexity index is 2760. The van der Waals surface area contributed by atoms with E-state index in [9.17, 15) is 0 Å². The van der Waals surface area contributed by atoms with Crippen LogP contribution in [0.5, 0.6) is 0 Å². The first-order chi connectivity index (χ1) is 27.0. The molecule has 0 amide bonds. The molecule has 1 aromatic heterocycles. The maximum absolute atomic E-state index is 5.21. The van der Waals surface area contributed by atoms with Gasteiger partial charge in [0.2, 0.25) is 0 Å². The summed E-state index contributed by atoms with van der Waals surface area (Å²) in [6.07, 6.45) is 0. The van der Waals surface area contributed by atoms with E-state index < -0.39 is 0 Å². The van der Waals surface area contributed by atoms with Crippen molar-refractivity contribution in [2.24, 2.45) is 0 Å². The summed E-state index contributed by atoms with van der Waals surface area (Å²) in [6, 6.07) is 66.7. The van der Waals surface area contributed by atoms with Crippen molar-refractivity contribution in [2.45, 2.75) is 19.3 Å². The maximum Gasteiger partial charge on any atom is 0.164 e. The standard InChI is InChI=1S/C52H37N3/c1-52(2)47-22-10-9-18-43(47)44-20-12-19-42(48(44)52)41-32-27-38-17-11-21-45(46(38)33-41)51-54-49(39-28-23-36(24-29-39)34-13-5-3-6-14-34)53-50(55-51)40-30-25-37(26-31-40)35-15-7-4-8-16-35/h3-33H,1-2H3. The van der Waals surface area contributed by atoms with Gasteiger partial charge in [0.25, 0.3) is 0 Å². The molecular weight excluding hydrogens is 667 g/mol. The number of rotatable bonds is 6. The summed E-state index contributed by atoms with van der Waals surface area (Å²) in [6.45, 7) is 4.70. The number of hydrogen-bond acceptors (Lipinski definition) is 3. The third-order valence-electron chi connectivity index (χ3n) is 11.1. The van der Waals surface area contributed by atoms with Gasteiger partial charge < -0.3 is 0 Å². The second kappa shape index (κ2) is 13.2. The molecule has 1 heterocycles. The Morgan fingerprint density at radius 2 is 0.782 bits per heavy atom. The lowest BCUT2D eigenvalue weighted by atomic mass is 9.78. The highest BCUT2D eigenvalue weighted by Crippen LogP contribution is 2.52. The molecule has 0 aliphatic heterocycles. The van der Waals surface area contributed by atoms with Gasteiger partial charge in [-0.1, -0.05) is 196 Å². The van der Waals surface area contributed by atoms with Gasteiger partial charge in [-0.2, -0.15) is 0 Å². The van der Waals surface area contributed by atoms with E-state index in [1.165, 1.54) is 44.5 Å². The minimum atomic E-state index is -0.124. The predicted molar refractivity (Wildman–Crippen MR) is 228 cm³/mol. The second-order valence-electron chi connectivity index (χ2n) is 14.8. The van der Waals surface area contributed by atoms with Crippen LogP contribution in [0.3, 0.4) is 0 Å². The van der Waals surface area contributed by atoms with Gasteiger partial charge in [0.1, 0.15) is 0 Å². The molecule has 0 unspecified atom stereocenters. The Labute approximate surface area is 321 Å². The molecule has 3 heteroatoms. The van der Waals surface area contributed by atoms with Gasteiger partial charge in [0.05, 0.1) is 0 Å². The van der Waals surface area contributed by atoms with Gasteiger partial charge in [-0.25, -0.2) is 15.0 Å². The third kappa shape index (κ3) is 5.73. The first-order valence-electron chi connectivity index (χ1n) is 18.9. The van der Waals surface area contributed by atoms with Crippen molar-refractivity contribution < 1.29 is 0 Å². The number of nitrogens with zero attached hydrogens (tertiary/aromatic N) is 3. The number of aromatic nitrogens is 3. The van der Waals surface area contributed by atoms with E-state index in [-0.39, 0.29) is 5.41 Å². The zero-order chi connectivity index (χ0) is 36.9. The Kier molecular flexibility index (Phi) is 7.81. The monoisotopic (exact) mass is 703 g/mol. The maximum atomic E-state index is 5.21. The fourth-order valence-electron chi connectivity index (χ4n) is 8.36. The average molecular weight is 704 g/mol. The van der Waals surface area contributed by atoms with Gasteiger partial charge in [-0.3, -0.25) is 0 Å². The smallest absolute Gasteiger partial charge is 0.164 e. The van der Waals surface area contributed by atoms with E-state index in [1.807, 2.05) is 12.1 Å². The Hall–Kier alpha value is -6.97. The SMILES string of the molecule is CC1(C)c2ccccc2-c2cccc(-c3ccc4cccc(-c5nc(-c6ccc(-c7ccccc7)cc6)nc(-c6ccc(-c7ccccc7)cc6)n5)c4c3)c21. The van der Waals surface area contributed by atoms with E-state index in [1.54, 1.807) is 0 Å². The molecule has 0 spiro atoms. The molecule has 1 aliphatic rings. The molecule has 0 atom stereocenters. The predicted octanol–water partition coefficient (Wildman–Crippen LogP) is 13.3. The van der Waals surface area contributed by atoms with E-state index in [4.69, 9.17) is 15.0 Å². The van der Waals surface area contributed by atoms with E-state index in [0.29, 0.717) is 17.5 Å². The highest BCUT2D eigenvalue weighted by atomic mass is 15.0. The van der Waals surface area contributed by atoms with Crippen molar-refractivity contribution in [1.29, 1.82) is 0 Å². The molecule has 9 aromatic rings. The molecule has 260 valence electrons. The van der Waals surface area contributed by atoms with Gasteiger partial charge in [-0.15, -0.1) is 0 Å². The van der Waals surface area contributed by atoms with Crippen LogP contribution in [0.1, 0.15) is 25.0 Å². The van der Waals surface area contributed by atoms with Crippen molar-refractivity contribution in [2.75, 3.05) is 0 Å². The average Bonchev–Trinajstić information content (AvgIpc) is 3.50. The van der Waals surface area contributed by atoms with E-state index in [0.717, 1.165) is 38.6 Å². The van der Waals surface area contributed by atoms with Gasteiger partial charge in [0.15, 0.2) is 17.5 Å². The van der Waals surface area contributed by atoms with Crippen molar-refractivity contribution in [3.8, 4) is 78.7 Å². The zero-order valence-corrected chi connectivity index (χ0v) is 30.7. The lowest BCUT2D eigenvalue weighted by Crippen LogP contribution is -2.16. The van der Waals surface area contributed by atoms with Crippen LogP contribution < -0.4 is 0 Å². The second-order valence-corrected chi connectivity index (χ2v) is 14.8. The Morgan fingerprint density at radius 1 is 0.327 bits per heavy atom. The van der Waals surface area contributed by atoms with Crippen molar-refractivity contribution in [3.05, 3.63) is 199 Å². The lowest BCUT2D eigenvalue weighted by molar-refractivity contribution is 0.662. The summed E-state index contributed by atoms with van der Waals surface area (Å²) in [4.78, 5) is 15.5. The summed E-state index contributed by atoms with van der Waals surface area (Å²) in [7, 11) is 0. The molecule has 0 saturated carbocycles. The molecule has 55 heavy (non-hydrogen) atoms. The molecule has 0 N–H and O–H groups in total. The fraction of sp³-hybridized carbons (Fsp3) is 0.0577. The minimum Gasteiger partial charge on any atom is -0.208 e. The van der Waals surface area contributed by atoms with Crippen LogP contribution in [0.4, 0.5) is 0 Å². The fourth-order valence-corrected chi connectivity index (χ4v) is 8.36. The highest BCUT2D eigenvalue weighted by Gasteiger charge is 2.37. The van der Waals surface area contributed by atoms with Crippen LogP contribution in [0.15, 0.2) is 188 Å². The first-order valence-corrected chi connectivity index (χ1v) is 18.9. The number of benzene rings is 8. The van der Waals surface area contributed by atoms with E-state index >= 15 is 0 Å². The number of hydrogen-bond donors (Lipinski definition) is 0. The molecular formula is C52H37N3. The minimum absolute atomic E-state index is 0.124. The number of fused-ring (bicyclic) bond motifs is 4. The van der Waals surface area contributed by atoms with E-state index in [2.05, 4.69) is 190 Å². The zero-order valence-electron chi connectivity index (χ0n) is 30.7. The van der Waals surface area contributed by atoms with Gasteiger partial charge >= 0.3 is 0 Å². The molecule has 0 bridgehead atoms. The molecule has 1 aliphatic carbocycles. The third-order valence-corrected chi connectivity index (χ3v) is 11.1. The first kappa shape index (κ1) is 32.7. The largest absolute Gasteiger partial charge is 0.208 e. The van der Waals surface area contributed by atoms with Crippen molar-refractivity contribution >= 4 is 10.8 Å². The van der Waals surface area contributed by atoms with Crippen LogP contribution >= 0.6 is 0 Å². The summed E-state index contributed by atoms with van der Waals surface area (Å²) >= 11 is 0. The van der Waals surface area contributed by atoms with Crippen LogP contribution in [0.2, 0.25) is 0 Å². The highest BCUT2D eigenvalue weighted by molar-refractivity contribution is 5.99. The lowest BCUT2D eigenvalue weighted by Gasteiger charge is -2.24. The topological polar surface area (TPSA) is 38.7 Å². The molecule has 0 saturated heterocycles. The Morgan fingerprint density at radius 3 is 1.42 bits per heavy atom. The van der Waals surface area contributed by atoms with Gasteiger partial charge in [0, 0.05) is 22.1 Å². The Balaban J connectivity index is 1.12. The summed E-state index contributed by atoms with van der Waals surface area (Å²) in [5, 5.41) is 2.24.